The van der Waals surface area contributed by atoms with Gasteiger partial charge in [-0.05, 0) is 61.2 Å². The van der Waals surface area contributed by atoms with Crippen molar-refractivity contribution in [1.29, 1.82) is 0 Å². The van der Waals surface area contributed by atoms with Gasteiger partial charge in [-0.15, -0.1) is 0 Å². The van der Waals surface area contributed by atoms with Crippen molar-refractivity contribution < 1.29 is 18.1 Å². The molecule has 0 radical (unpaired) electrons. The zero-order chi connectivity index (χ0) is 23.4. The van der Waals surface area contributed by atoms with Crippen LogP contribution in [0.4, 0.5) is 17.1 Å². The maximum atomic E-state index is 12.8. The molecule has 0 saturated carbocycles. The first-order valence-corrected chi connectivity index (χ1v) is 11.7. The maximum absolute atomic E-state index is 12.8. The molecule has 0 spiro atoms. The lowest BCUT2D eigenvalue weighted by atomic mass is 9.90. The van der Waals surface area contributed by atoms with Crippen molar-refractivity contribution in [3.63, 3.8) is 0 Å². The Morgan fingerprint density at radius 2 is 1.79 bits per heavy atom. The lowest BCUT2D eigenvalue weighted by Crippen LogP contribution is -2.14. The van der Waals surface area contributed by atoms with E-state index in [-0.39, 0.29) is 16.3 Å². The number of nitrogens with one attached hydrogen (secondary N) is 2. The summed E-state index contributed by atoms with van der Waals surface area (Å²) in [6.45, 7) is 0. The molecule has 0 heterocycles. The molecule has 0 unspecified atom stereocenters. The molecular weight excluding hydrogens is 444 g/mol. The van der Waals surface area contributed by atoms with Crippen LogP contribution in [0.1, 0.15) is 24.0 Å². The van der Waals surface area contributed by atoms with Gasteiger partial charge in [0.2, 0.25) is 0 Å². The summed E-state index contributed by atoms with van der Waals surface area (Å²) in [5.41, 5.74) is 5.80. The van der Waals surface area contributed by atoms with Crippen LogP contribution in [-0.4, -0.2) is 26.2 Å². The van der Waals surface area contributed by atoms with Gasteiger partial charge in [-0.25, -0.2) is 8.42 Å². The second kappa shape index (κ2) is 9.29. The summed E-state index contributed by atoms with van der Waals surface area (Å²) < 4.78 is 33.0. The molecule has 3 aromatic carbocycles. The van der Waals surface area contributed by atoms with E-state index in [4.69, 9.17) is 4.74 Å². The molecule has 0 aromatic heterocycles. The van der Waals surface area contributed by atoms with Gasteiger partial charge in [0, 0.05) is 17.3 Å². The fraction of sp³-hybridized carbons (Fsp3) is 0.174. The molecule has 1 aliphatic carbocycles. The summed E-state index contributed by atoms with van der Waals surface area (Å²) in [5, 5.41) is 16.1. The van der Waals surface area contributed by atoms with Crippen molar-refractivity contribution in [1.82, 2.24) is 0 Å². The number of benzene rings is 3. The van der Waals surface area contributed by atoms with E-state index in [1.54, 1.807) is 24.3 Å². The number of hydrogen-bond donors (Lipinski definition) is 2. The van der Waals surface area contributed by atoms with E-state index >= 15 is 0 Å². The number of ether oxygens (including phenoxy) is 1. The molecule has 2 N–H and O–H groups in total. The normalized spacial score (nSPS) is 14.4. The van der Waals surface area contributed by atoms with E-state index in [1.807, 2.05) is 24.3 Å². The van der Waals surface area contributed by atoms with Crippen molar-refractivity contribution in [2.45, 2.75) is 24.2 Å². The molecule has 1 aliphatic rings. The summed E-state index contributed by atoms with van der Waals surface area (Å²) in [6.07, 6.45) is 2.65. The van der Waals surface area contributed by atoms with Gasteiger partial charge in [0.05, 0.1) is 22.6 Å². The lowest BCUT2D eigenvalue weighted by Gasteiger charge is -2.17. The topological polar surface area (TPSA) is 123 Å². The van der Waals surface area contributed by atoms with Crippen molar-refractivity contribution in [3.8, 4) is 5.75 Å². The summed E-state index contributed by atoms with van der Waals surface area (Å²) in [5.74, 6) is 0.575. The van der Waals surface area contributed by atoms with E-state index in [0.717, 1.165) is 36.6 Å². The van der Waals surface area contributed by atoms with E-state index in [0.29, 0.717) is 11.4 Å². The van der Waals surface area contributed by atoms with Crippen molar-refractivity contribution >= 4 is 32.8 Å². The van der Waals surface area contributed by atoms with E-state index in [2.05, 4.69) is 15.2 Å². The monoisotopic (exact) mass is 466 g/mol. The van der Waals surface area contributed by atoms with Gasteiger partial charge >= 0.3 is 0 Å². The van der Waals surface area contributed by atoms with Gasteiger partial charge in [0.15, 0.2) is 0 Å². The average Bonchev–Trinajstić information content (AvgIpc) is 2.82. The predicted octanol–water partition coefficient (Wildman–Crippen LogP) is 4.56. The van der Waals surface area contributed by atoms with E-state index < -0.39 is 14.9 Å². The number of sulfonamides is 1. The fourth-order valence-electron chi connectivity index (χ4n) is 3.64. The lowest BCUT2D eigenvalue weighted by molar-refractivity contribution is -0.384. The van der Waals surface area contributed by atoms with E-state index in [1.165, 1.54) is 24.8 Å². The highest BCUT2D eigenvalue weighted by molar-refractivity contribution is 7.92. The van der Waals surface area contributed by atoms with Gasteiger partial charge in [-0.1, -0.05) is 24.3 Å². The van der Waals surface area contributed by atoms with Crippen LogP contribution in [-0.2, 0) is 16.4 Å². The second-order valence-corrected chi connectivity index (χ2v) is 9.13. The largest absolute Gasteiger partial charge is 0.497 e. The Morgan fingerprint density at radius 3 is 2.52 bits per heavy atom. The van der Waals surface area contributed by atoms with Crippen LogP contribution < -0.4 is 14.9 Å². The number of hydrogen-bond acceptors (Lipinski definition) is 7. The first kappa shape index (κ1) is 22.3. The Labute approximate surface area is 191 Å². The first-order chi connectivity index (χ1) is 15.9. The molecule has 170 valence electrons. The van der Waals surface area contributed by atoms with Crippen LogP contribution in [0, 0.1) is 10.1 Å². The number of nitrogens with zero attached hydrogens (tertiary/aromatic N) is 2. The quantitative estimate of drug-likeness (QED) is 0.389. The van der Waals surface area contributed by atoms with Gasteiger partial charge in [0.25, 0.3) is 15.7 Å². The number of nitro groups is 1. The summed E-state index contributed by atoms with van der Waals surface area (Å²) in [6, 6.07) is 17.9. The Hall–Kier alpha value is -3.92. The van der Waals surface area contributed by atoms with Crippen LogP contribution in [0.15, 0.2) is 76.7 Å². The molecule has 0 aliphatic heterocycles. The van der Waals surface area contributed by atoms with Gasteiger partial charge in [-0.3, -0.25) is 20.3 Å². The zero-order valence-electron chi connectivity index (χ0n) is 17.8. The SMILES string of the molecule is COc1ccc(NS(=O)(=O)c2ccc(NN=C3CCCc4ccccc43)c([N+](=O)[O-])c2)cc1. The Kier molecular flexibility index (Phi) is 6.27. The molecule has 0 saturated heterocycles. The third kappa shape index (κ3) is 4.96. The molecule has 0 bridgehead atoms. The van der Waals surface area contributed by atoms with E-state index in [9.17, 15) is 18.5 Å². The Morgan fingerprint density at radius 1 is 1.03 bits per heavy atom. The number of rotatable bonds is 7. The van der Waals surface area contributed by atoms with Crippen molar-refractivity contribution in [2.75, 3.05) is 17.3 Å². The zero-order valence-corrected chi connectivity index (χ0v) is 18.6. The average molecular weight is 467 g/mol. The predicted molar refractivity (Wildman–Crippen MR) is 126 cm³/mol. The number of nitro benzene ring substituents is 1. The molecule has 0 atom stereocenters. The minimum absolute atomic E-state index is 0.110. The minimum atomic E-state index is -4.04. The molecule has 9 nitrogen and oxygen atoms in total. The number of anilines is 2. The van der Waals surface area contributed by atoms with Crippen molar-refractivity contribution in [2.24, 2.45) is 5.10 Å². The number of methoxy groups -OCH3 is 1. The third-order valence-corrected chi connectivity index (χ3v) is 6.70. The number of hydrazone groups is 1. The molecular formula is C23H22N4O5S. The summed E-state index contributed by atoms with van der Waals surface area (Å²) in [7, 11) is -2.53. The molecule has 0 amide bonds. The highest BCUT2D eigenvalue weighted by Gasteiger charge is 2.22. The Bertz CT molecular complexity index is 1320. The molecule has 0 fully saturated rings. The second-order valence-electron chi connectivity index (χ2n) is 7.45. The van der Waals surface area contributed by atoms with Crippen LogP contribution in [0.3, 0.4) is 0 Å². The molecule has 3 aromatic rings. The number of fused-ring (bicyclic) bond motifs is 1. The maximum Gasteiger partial charge on any atom is 0.295 e. The minimum Gasteiger partial charge on any atom is -0.497 e. The van der Waals surface area contributed by atoms with Crippen LogP contribution in [0.2, 0.25) is 0 Å². The fourth-order valence-corrected chi connectivity index (χ4v) is 4.72. The van der Waals surface area contributed by atoms with Crippen molar-refractivity contribution in [3.05, 3.63) is 88.0 Å². The highest BCUT2D eigenvalue weighted by atomic mass is 32.2. The number of aryl methyl sites for hydroxylation is 1. The Balaban J connectivity index is 1.60. The first-order valence-electron chi connectivity index (χ1n) is 10.2. The van der Waals surface area contributed by atoms with Gasteiger partial charge in [-0.2, -0.15) is 5.10 Å². The smallest absolute Gasteiger partial charge is 0.295 e. The third-order valence-electron chi connectivity index (χ3n) is 5.32. The highest BCUT2D eigenvalue weighted by Crippen LogP contribution is 2.30. The summed E-state index contributed by atoms with van der Waals surface area (Å²) in [4.78, 5) is 10.8. The summed E-state index contributed by atoms with van der Waals surface area (Å²) >= 11 is 0. The van der Waals surface area contributed by atoms with Gasteiger partial charge < -0.3 is 4.74 Å². The molecule has 10 heteroatoms. The van der Waals surface area contributed by atoms with Crippen LogP contribution in [0.25, 0.3) is 0 Å². The van der Waals surface area contributed by atoms with Crippen LogP contribution >= 0.6 is 0 Å². The molecule has 33 heavy (non-hydrogen) atoms. The standard InChI is InChI=1S/C23H22N4O5S/c1-32-18-11-9-17(10-12-18)26-33(30,31)19-13-14-22(23(15-19)27(28)29)25-24-21-8-4-6-16-5-2-3-7-20(16)21/h2-3,5,7,9-15,25-26H,4,6,8H2,1H3. The molecule has 4 rings (SSSR count). The van der Waals surface area contributed by atoms with Gasteiger partial charge in [0.1, 0.15) is 11.4 Å². The van der Waals surface area contributed by atoms with Crippen LogP contribution in [0.5, 0.6) is 5.75 Å².